The summed E-state index contributed by atoms with van der Waals surface area (Å²) in [5, 5.41) is 0. The van der Waals surface area contributed by atoms with Gasteiger partial charge in [0.15, 0.2) is 0 Å². The van der Waals surface area contributed by atoms with E-state index in [2.05, 4.69) is 55.0 Å². The van der Waals surface area contributed by atoms with Crippen molar-refractivity contribution >= 4 is 9.28 Å². The van der Waals surface area contributed by atoms with Crippen LogP contribution in [0.2, 0.25) is 5.54 Å². The Labute approximate surface area is 103 Å². The first kappa shape index (κ1) is 15.9. The highest BCUT2D eigenvalue weighted by molar-refractivity contribution is 6.47. The maximum absolute atomic E-state index is 6.10. The molecule has 0 heterocycles. The maximum Gasteiger partial charge on any atom is 0.329 e. The quantitative estimate of drug-likeness (QED) is 0.541. The summed E-state index contributed by atoms with van der Waals surface area (Å²) in [6.07, 6.45) is 3.01. The Hall–Kier alpha value is -0.123. The molecular formula is C13H28O2Si. The second kappa shape index (κ2) is 5.99. The summed E-state index contributed by atoms with van der Waals surface area (Å²) in [4.78, 5) is 0. The van der Waals surface area contributed by atoms with E-state index in [9.17, 15) is 0 Å². The Morgan fingerprint density at radius 2 is 1.44 bits per heavy atom. The SMILES string of the molecule is C=CC(CC)[SiH](OC(C)(C)C)OC(C)(C)C. The second-order valence-corrected chi connectivity index (χ2v) is 8.20. The first-order chi connectivity index (χ1) is 7.09. The van der Waals surface area contributed by atoms with Crippen LogP contribution in [0.1, 0.15) is 54.9 Å². The molecule has 0 amide bonds. The van der Waals surface area contributed by atoms with Crippen molar-refractivity contribution in [3.8, 4) is 0 Å². The van der Waals surface area contributed by atoms with Gasteiger partial charge >= 0.3 is 9.28 Å². The fourth-order valence-electron chi connectivity index (χ4n) is 1.37. The minimum absolute atomic E-state index is 0.140. The van der Waals surface area contributed by atoms with E-state index in [1.54, 1.807) is 0 Å². The molecule has 16 heavy (non-hydrogen) atoms. The zero-order valence-electron chi connectivity index (χ0n) is 12.0. The van der Waals surface area contributed by atoms with Gasteiger partial charge in [0.05, 0.1) is 0 Å². The first-order valence-electron chi connectivity index (χ1n) is 6.07. The largest absolute Gasteiger partial charge is 0.391 e. The number of hydrogen-bond donors (Lipinski definition) is 0. The van der Waals surface area contributed by atoms with E-state index >= 15 is 0 Å². The summed E-state index contributed by atoms with van der Waals surface area (Å²) in [6, 6.07) is 0. The summed E-state index contributed by atoms with van der Waals surface area (Å²) in [6.45, 7) is 18.5. The highest BCUT2D eigenvalue weighted by Gasteiger charge is 2.31. The number of rotatable bonds is 5. The van der Waals surface area contributed by atoms with Crippen molar-refractivity contribution in [3.63, 3.8) is 0 Å². The molecule has 0 aliphatic heterocycles. The molecule has 0 rings (SSSR count). The lowest BCUT2D eigenvalue weighted by atomic mass is 10.2. The Morgan fingerprint density at radius 3 is 1.62 bits per heavy atom. The molecule has 0 aromatic rings. The molecule has 0 saturated heterocycles. The van der Waals surface area contributed by atoms with Crippen LogP contribution in [0.25, 0.3) is 0 Å². The van der Waals surface area contributed by atoms with Crippen LogP contribution in [0, 0.1) is 0 Å². The fourth-order valence-corrected chi connectivity index (χ4v) is 3.76. The lowest BCUT2D eigenvalue weighted by Crippen LogP contribution is -2.41. The van der Waals surface area contributed by atoms with Gasteiger partial charge in [-0.15, -0.1) is 6.58 Å². The molecule has 1 unspecified atom stereocenters. The molecule has 2 nitrogen and oxygen atoms in total. The third kappa shape index (κ3) is 7.20. The summed E-state index contributed by atoms with van der Waals surface area (Å²) in [7, 11) is -1.72. The molecule has 0 aliphatic rings. The lowest BCUT2D eigenvalue weighted by Gasteiger charge is -2.34. The topological polar surface area (TPSA) is 18.5 Å². The van der Waals surface area contributed by atoms with E-state index in [0.29, 0.717) is 5.54 Å². The normalized spacial score (nSPS) is 15.2. The van der Waals surface area contributed by atoms with Crippen molar-refractivity contribution in [1.82, 2.24) is 0 Å². The summed E-state index contributed by atoms with van der Waals surface area (Å²) in [5.41, 5.74) is 0.0929. The van der Waals surface area contributed by atoms with Crippen molar-refractivity contribution in [1.29, 1.82) is 0 Å². The highest BCUT2D eigenvalue weighted by Crippen LogP contribution is 2.26. The van der Waals surface area contributed by atoms with E-state index < -0.39 is 9.28 Å². The first-order valence-corrected chi connectivity index (χ1v) is 7.68. The van der Waals surface area contributed by atoms with Crippen molar-refractivity contribution < 1.29 is 8.85 Å². The highest BCUT2D eigenvalue weighted by atomic mass is 28.3. The van der Waals surface area contributed by atoms with Gasteiger partial charge in [-0.1, -0.05) is 13.0 Å². The van der Waals surface area contributed by atoms with Crippen LogP contribution in [-0.4, -0.2) is 20.5 Å². The molecule has 0 aliphatic carbocycles. The van der Waals surface area contributed by atoms with Crippen LogP contribution in [0.15, 0.2) is 12.7 Å². The predicted octanol–water partition coefficient (Wildman–Crippen LogP) is 3.80. The monoisotopic (exact) mass is 244 g/mol. The maximum atomic E-state index is 6.10. The molecule has 0 radical (unpaired) electrons. The molecule has 0 aromatic heterocycles. The minimum atomic E-state index is -1.72. The predicted molar refractivity (Wildman–Crippen MR) is 73.1 cm³/mol. The Kier molecular flexibility index (Phi) is 5.94. The Morgan fingerprint density at radius 1 is 1.06 bits per heavy atom. The zero-order valence-corrected chi connectivity index (χ0v) is 13.1. The molecule has 0 bridgehead atoms. The van der Waals surface area contributed by atoms with Crippen LogP contribution in [0.5, 0.6) is 0 Å². The van der Waals surface area contributed by atoms with Crippen molar-refractivity contribution in [3.05, 3.63) is 12.7 Å². The van der Waals surface area contributed by atoms with Crippen molar-refractivity contribution in [2.24, 2.45) is 0 Å². The van der Waals surface area contributed by atoms with Gasteiger partial charge in [-0.3, -0.25) is 0 Å². The fraction of sp³-hybridized carbons (Fsp3) is 0.846. The summed E-state index contributed by atoms with van der Waals surface area (Å²) >= 11 is 0. The van der Waals surface area contributed by atoms with Gasteiger partial charge in [-0.25, -0.2) is 0 Å². The molecule has 0 N–H and O–H groups in total. The zero-order chi connectivity index (χ0) is 13.0. The molecule has 0 spiro atoms. The third-order valence-electron chi connectivity index (χ3n) is 2.06. The van der Waals surface area contributed by atoms with Crippen LogP contribution in [-0.2, 0) is 8.85 Å². The average Bonchev–Trinajstić information content (AvgIpc) is 1.99. The van der Waals surface area contributed by atoms with E-state index in [1.807, 2.05) is 6.08 Å². The molecule has 0 saturated carbocycles. The summed E-state index contributed by atoms with van der Waals surface area (Å²) in [5.74, 6) is 0. The molecule has 3 heteroatoms. The van der Waals surface area contributed by atoms with Gasteiger partial charge in [0.1, 0.15) is 0 Å². The summed E-state index contributed by atoms with van der Waals surface area (Å²) < 4.78 is 12.2. The Balaban J connectivity index is 4.69. The molecular weight excluding hydrogens is 216 g/mol. The van der Waals surface area contributed by atoms with E-state index in [4.69, 9.17) is 8.85 Å². The van der Waals surface area contributed by atoms with Gasteiger partial charge in [0.25, 0.3) is 0 Å². The van der Waals surface area contributed by atoms with Crippen molar-refractivity contribution in [2.45, 2.75) is 71.6 Å². The van der Waals surface area contributed by atoms with E-state index in [0.717, 1.165) is 6.42 Å². The standard InChI is InChI=1S/C13H28O2Si/c1-9-11(10-2)16(14-12(3,4)5)15-13(6,7)8/h9,11,16H,1,10H2,2-8H3. The van der Waals surface area contributed by atoms with E-state index in [1.165, 1.54) is 0 Å². The number of allylic oxidation sites excluding steroid dienone is 1. The average molecular weight is 244 g/mol. The lowest BCUT2D eigenvalue weighted by molar-refractivity contribution is 0.0307. The molecule has 0 aromatic carbocycles. The van der Waals surface area contributed by atoms with Gasteiger partial charge < -0.3 is 8.85 Å². The number of hydrogen-bond acceptors (Lipinski definition) is 2. The second-order valence-electron chi connectivity index (χ2n) is 6.14. The van der Waals surface area contributed by atoms with Gasteiger partial charge in [-0.05, 0) is 48.0 Å². The van der Waals surface area contributed by atoms with Crippen LogP contribution in [0.3, 0.4) is 0 Å². The van der Waals surface area contributed by atoms with Gasteiger partial charge in [-0.2, -0.15) is 0 Å². The van der Waals surface area contributed by atoms with Gasteiger partial charge in [0, 0.05) is 16.7 Å². The molecule has 0 fully saturated rings. The minimum Gasteiger partial charge on any atom is -0.391 e. The molecule has 1 atom stereocenters. The smallest absolute Gasteiger partial charge is 0.329 e. The Bertz CT molecular complexity index is 197. The van der Waals surface area contributed by atoms with Crippen LogP contribution >= 0.6 is 0 Å². The van der Waals surface area contributed by atoms with Crippen LogP contribution < -0.4 is 0 Å². The van der Waals surface area contributed by atoms with Gasteiger partial charge in [0.2, 0.25) is 0 Å². The van der Waals surface area contributed by atoms with E-state index in [-0.39, 0.29) is 11.2 Å². The van der Waals surface area contributed by atoms with Crippen molar-refractivity contribution in [2.75, 3.05) is 0 Å². The third-order valence-corrected chi connectivity index (χ3v) is 5.38. The molecule has 96 valence electrons. The van der Waals surface area contributed by atoms with Crippen LogP contribution in [0.4, 0.5) is 0 Å².